The third-order valence-electron chi connectivity index (χ3n) is 2.77. The lowest BCUT2D eigenvalue weighted by atomic mass is 10.0. The standard InChI is InChI=1S/C12H18ClFN2O3S/c1-3-4-12(2,17)7-16-20(18,19)11-6-10(15)9(14)5-8(11)13/h5-6,16-17H,3-4,7,15H2,1-2H3. The third-order valence-corrected chi connectivity index (χ3v) is 4.64. The number of aliphatic hydroxyl groups is 1. The lowest BCUT2D eigenvalue weighted by molar-refractivity contribution is 0.0554. The molecule has 4 N–H and O–H groups in total. The summed E-state index contributed by atoms with van der Waals surface area (Å²) in [7, 11) is -3.97. The predicted octanol–water partition coefficient (Wildman–Crippen LogP) is 1.89. The Morgan fingerprint density at radius 3 is 2.65 bits per heavy atom. The second-order valence-electron chi connectivity index (χ2n) is 4.88. The monoisotopic (exact) mass is 324 g/mol. The average Bonchev–Trinajstić information content (AvgIpc) is 2.31. The van der Waals surface area contributed by atoms with E-state index in [-0.39, 0.29) is 22.2 Å². The Morgan fingerprint density at radius 1 is 1.50 bits per heavy atom. The molecule has 0 heterocycles. The molecule has 0 radical (unpaired) electrons. The van der Waals surface area contributed by atoms with Crippen molar-refractivity contribution in [2.45, 2.75) is 37.2 Å². The molecule has 0 aliphatic rings. The number of hydrogen-bond acceptors (Lipinski definition) is 4. The first-order chi connectivity index (χ1) is 9.09. The van der Waals surface area contributed by atoms with Crippen LogP contribution in [-0.4, -0.2) is 25.7 Å². The van der Waals surface area contributed by atoms with E-state index >= 15 is 0 Å². The van der Waals surface area contributed by atoms with Crippen molar-refractivity contribution < 1.29 is 17.9 Å². The Kier molecular flexibility index (Phi) is 5.37. The largest absolute Gasteiger partial charge is 0.396 e. The fourth-order valence-electron chi connectivity index (χ4n) is 1.71. The highest BCUT2D eigenvalue weighted by Gasteiger charge is 2.25. The molecule has 0 aromatic heterocycles. The van der Waals surface area contributed by atoms with Gasteiger partial charge in [0.2, 0.25) is 10.0 Å². The van der Waals surface area contributed by atoms with E-state index in [1.165, 1.54) is 6.92 Å². The first kappa shape index (κ1) is 17.2. The first-order valence-electron chi connectivity index (χ1n) is 6.05. The summed E-state index contributed by atoms with van der Waals surface area (Å²) in [5.41, 5.74) is 3.86. The van der Waals surface area contributed by atoms with Crippen LogP contribution in [-0.2, 0) is 10.0 Å². The minimum Gasteiger partial charge on any atom is -0.396 e. The Balaban J connectivity index is 2.98. The Morgan fingerprint density at radius 2 is 2.10 bits per heavy atom. The second kappa shape index (κ2) is 6.26. The van der Waals surface area contributed by atoms with Crippen molar-refractivity contribution in [3.8, 4) is 0 Å². The zero-order chi connectivity index (χ0) is 15.6. The van der Waals surface area contributed by atoms with Crippen LogP contribution in [0.25, 0.3) is 0 Å². The van der Waals surface area contributed by atoms with Crippen LogP contribution in [0, 0.1) is 5.82 Å². The van der Waals surface area contributed by atoms with E-state index in [1.54, 1.807) is 0 Å². The number of nitrogens with two attached hydrogens (primary N) is 1. The molecule has 1 rings (SSSR count). The summed E-state index contributed by atoms with van der Waals surface area (Å²) >= 11 is 5.72. The molecular formula is C12H18ClFN2O3S. The predicted molar refractivity (Wildman–Crippen MR) is 76.5 cm³/mol. The maximum atomic E-state index is 13.2. The van der Waals surface area contributed by atoms with E-state index in [9.17, 15) is 17.9 Å². The Bertz CT molecular complexity index is 591. The molecule has 1 unspecified atom stereocenters. The molecule has 0 bridgehead atoms. The van der Waals surface area contributed by atoms with Crippen LogP contribution in [0.3, 0.4) is 0 Å². The van der Waals surface area contributed by atoms with Gasteiger partial charge in [-0.25, -0.2) is 17.5 Å². The molecule has 0 saturated heterocycles. The Labute approximate surface area is 123 Å². The van der Waals surface area contributed by atoms with Crippen molar-refractivity contribution in [1.82, 2.24) is 4.72 Å². The van der Waals surface area contributed by atoms with E-state index in [0.717, 1.165) is 12.1 Å². The molecule has 1 aromatic rings. The van der Waals surface area contributed by atoms with Gasteiger partial charge in [0.25, 0.3) is 0 Å². The highest BCUT2D eigenvalue weighted by Crippen LogP contribution is 2.26. The summed E-state index contributed by atoms with van der Waals surface area (Å²) in [4.78, 5) is -0.314. The zero-order valence-corrected chi connectivity index (χ0v) is 12.9. The van der Waals surface area contributed by atoms with Crippen LogP contribution < -0.4 is 10.5 Å². The lowest BCUT2D eigenvalue weighted by Crippen LogP contribution is -2.40. The van der Waals surface area contributed by atoms with Gasteiger partial charge in [-0.2, -0.15) is 0 Å². The van der Waals surface area contributed by atoms with Crippen LogP contribution in [0.4, 0.5) is 10.1 Å². The third kappa shape index (κ3) is 4.31. The average molecular weight is 325 g/mol. The normalized spacial score (nSPS) is 15.1. The van der Waals surface area contributed by atoms with Gasteiger partial charge in [-0.05, 0) is 25.5 Å². The molecule has 0 saturated carbocycles. The highest BCUT2D eigenvalue weighted by atomic mass is 35.5. The molecule has 8 heteroatoms. The van der Waals surface area contributed by atoms with Gasteiger partial charge in [-0.15, -0.1) is 0 Å². The minimum absolute atomic E-state index is 0.170. The second-order valence-corrected chi connectivity index (χ2v) is 7.02. The smallest absolute Gasteiger partial charge is 0.242 e. The summed E-state index contributed by atoms with van der Waals surface area (Å²) in [6.45, 7) is 3.23. The van der Waals surface area contributed by atoms with Gasteiger partial charge in [0.15, 0.2) is 0 Å². The van der Waals surface area contributed by atoms with Crippen LogP contribution in [0.15, 0.2) is 17.0 Å². The maximum Gasteiger partial charge on any atom is 0.242 e. The number of rotatable bonds is 6. The number of benzene rings is 1. The molecule has 0 spiro atoms. The van der Waals surface area contributed by atoms with Gasteiger partial charge in [0.1, 0.15) is 10.7 Å². The molecule has 0 aliphatic carbocycles. The SMILES string of the molecule is CCCC(C)(O)CNS(=O)(=O)c1cc(N)c(F)cc1Cl. The number of hydrogen-bond donors (Lipinski definition) is 3. The van der Waals surface area contributed by atoms with Gasteiger partial charge >= 0.3 is 0 Å². The minimum atomic E-state index is -3.97. The van der Waals surface area contributed by atoms with Crippen molar-refractivity contribution in [3.63, 3.8) is 0 Å². The molecule has 0 fully saturated rings. The molecule has 1 atom stereocenters. The maximum absolute atomic E-state index is 13.2. The van der Waals surface area contributed by atoms with Crippen LogP contribution in [0.5, 0.6) is 0 Å². The quantitative estimate of drug-likeness (QED) is 0.697. The number of sulfonamides is 1. The van der Waals surface area contributed by atoms with E-state index in [0.29, 0.717) is 12.8 Å². The van der Waals surface area contributed by atoms with Crippen LogP contribution in [0.2, 0.25) is 5.02 Å². The summed E-state index contributed by atoms with van der Waals surface area (Å²) in [6.07, 6.45) is 1.15. The number of nitrogen functional groups attached to an aromatic ring is 1. The Hall–Kier alpha value is -0.890. The van der Waals surface area contributed by atoms with Crippen molar-refractivity contribution in [3.05, 3.63) is 23.0 Å². The molecule has 20 heavy (non-hydrogen) atoms. The summed E-state index contributed by atoms with van der Waals surface area (Å²) in [6, 6.07) is 1.80. The topological polar surface area (TPSA) is 92.4 Å². The highest BCUT2D eigenvalue weighted by molar-refractivity contribution is 7.89. The van der Waals surface area contributed by atoms with Gasteiger partial charge in [-0.1, -0.05) is 24.9 Å². The van der Waals surface area contributed by atoms with Gasteiger partial charge in [-0.3, -0.25) is 0 Å². The summed E-state index contributed by atoms with van der Waals surface area (Å²) in [5.74, 6) is -0.785. The molecular weight excluding hydrogens is 307 g/mol. The van der Waals surface area contributed by atoms with Crippen molar-refractivity contribution in [1.29, 1.82) is 0 Å². The van der Waals surface area contributed by atoms with Crippen molar-refractivity contribution in [2.24, 2.45) is 0 Å². The van der Waals surface area contributed by atoms with E-state index in [1.807, 2.05) is 6.92 Å². The lowest BCUT2D eigenvalue weighted by Gasteiger charge is -2.23. The molecule has 0 aliphatic heterocycles. The van der Waals surface area contributed by atoms with Gasteiger partial charge in [0.05, 0.1) is 16.3 Å². The number of nitrogens with one attached hydrogen (secondary N) is 1. The number of halogens is 2. The van der Waals surface area contributed by atoms with Crippen molar-refractivity contribution in [2.75, 3.05) is 12.3 Å². The van der Waals surface area contributed by atoms with E-state index < -0.39 is 21.4 Å². The van der Waals surface area contributed by atoms with Crippen molar-refractivity contribution >= 4 is 27.3 Å². The molecule has 1 aromatic carbocycles. The summed E-state index contributed by atoms with van der Waals surface area (Å²) in [5, 5.41) is 9.68. The zero-order valence-electron chi connectivity index (χ0n) is 11.3. The van der Waals surface area contributed by atoms with E-state index in [2.05, 4.69) is 4.72 Å². The number of anilines is 1. The van der Waals surface area contributed by atoms with Gasteiger partial charge in [0, 0.05) is 6.54 Å². The first-order valence-corrected chi connectivity index (χ1v) is 7.92. The molecule has 5 nitrogen and oxygen atoms in total. The van der Waals surface area contributed by atoms with Crippen LogP contribution in [0.1, 0.15) is 26.7 Å². The molecule has 114 valence electrons. The van der Waals surface area contributed by atoms with E-state index in [4.69, 9.17) is 17.3 Å². The van der Waals surface area contributed by atoms with Crippen LogP contribution >= 0.6 is 11.6 Å². The summed E-state index contributed by atoms with van der Waals surface area (Å²) < 4.78 is 39.6. The molecule has 0 amide bonds. The fraction of sp³-hybridized carbons (Fsp3) is 0.500. The van der Waals surface area contributed by atoms with Gasteiger partial charge < -0.3 is 10.8 Å². The fourth-order valence-corrected chi connectivity index (χ4v) is 3.42.